The summed E-state index contributed by atoms with van der Waals surface area (Å²) in [4.78, 5) is 10.7. The van der Waals surface area contributed by atoms with Crippen molar-refractivity contribution in [3.05, 3.63) is 59.2 Å². The van der Waals surface area contributed by atoms with E-state index in [1.54, 1.807) is 26.4 Å². The molecule has 0 aromatic heterocycles. The lowest BCUT2D eigenvalue weighted by atomic mass is 9.98. The number of rotatable bonds is 4. The van der Waals surface area contributed by atoms with E-state index in [0.717, 1.165) is 17.7 Å². The molecule has 0 aliphatic carbocycles. The van der Waals surface area contributed by atoms with E-state index in [-0.39, 0.29) is 6.10 Å². The van der Waals surface area contributed by atoms with Crippen LogP contribution in [-0.2, 0) is 16.0 Å². The molecule has 7 heteroatoms. The van der Waals surface area contributed by atoms with Crippen LogP contribution in [0.4, 0.5) is 13.2 Å². The fourth-order valence-corrected chi connectivity index (χ4v) is 2.75. The molecule has 1 saturated heterocycles. The fraction of sp³-hybridized carbons (Fsp3) is 0.333. The number of benzene rings is 2. The third-order valence-electron chi connectivity index (χ3n) is 4.11. The van der Waals surface area contributed by atoms with Crippen molar-refractivity contribution in [3.8, 4) is 11.5 Å². The Morgan fingerprint density at radius 3 is 2.20 bits per heavy atom. The van der Waals surface area contributed by atoms with Gasteiger partial charge >= 0.3 is 6.18 Å². The lowest BCUT2D eigenvalue weighted by molar-refractivity contribution is -0.300. The molecule has 1 heterocycles. The Bertz CT molecular complexity index is 728. The highest BCUT2D eigenvalue weighted by atomic mass is 19.4. The first-order valence-electron chi connectivity index (χ1n) is 7.63. The molecule has 2 aromatic rings. The van der Waals surface area contributed by atoms with Crippen LogP contribution in [0.15, 0.2) is 42.5 Å². The summed E-state index contributed by atoms with van der Waals surface area (Å²) in [5.74, 6) is 1.25. The Hall–Kier alpha value is -2.25. The van der Waals surface area contributed by atoms with Crippen LogP contribution < -0.4 is 9.47 Å². The molecule has 0 amide bonds. The van der Waals surface area contributed by atoms with Gasteiger partial charge in [0.05, 0.1) is 19.8 Å². The van der Waals surface area contributed by atoms with E-state index in [4.69, 9.17) is 19.2 Å². The Labute approximate surface area is 143 Å². The van der Waals surface area contributed by atoms with E-state index in [0.29, 0.717) is 23.5 Å². The summed E-state index contributed by atoms with van der Waals surface area (Å²) in [6, 6.07) is 10.2. The van der Waals surface area contributed by atoms with E-state index in [9.17, 15) is 13.2 Å². The molecule has 3 rings (SSSR count). The minimum Gasteiger partial charge on any atom is -0.497 e. The van der Waals surface area contributed by atoms with Crippen LogP contribution in [0.1, 0.15) is 35.3 Å². The summed E-state index contributed by atoms with van der Waals surface area (Å²) in [6.45, 7) is 0. The van der Waals surface area contributed by atoms with Gasteiger partial charge in [0.2, 0.25) is 0 Å². The smallest absolute Gasteiger partial charge is 0.416 e. The minimum absolute atomic E-state index is 0.381. The summed E-state index contributed by atoms with van der Waals surface area (Å²) in [6.07, 6.45) is -4.72. The number of halogens is 3. The summed E-state index contributed by atoms with van der Waals surface area (Å²) < 4.78 is 48.4. The van der Waals surface area contributed by atoms with Crippen molar-refractivity contribution < 1.29 is 32.4 Å². The van der Waals surface area contributed by atoms with E-state index in [2.05, 4.69) is 0 Å². The van der Waals surface area contributed by atoms with Crippen LogP contribution in [0.25, 0.3) is 0 Å². The second-order valence-electron chi connectivity index (χ2n) is 5.63. The Balaban J connectivity index is 1.76. The number of hydrogen-bond donors (Lipinski definition) is 0. The Morgan fingerprint density at radius 1 is 0.920 bits per heavy atom. The predicted octanol–water partition coefficient (Wildman–Crippen LogP) is 4.86. The van der Waals surface area contributed by atoms with Gasteiger partial charge in [-0.3, -0.25) is 0 Å². The van der Waals surface area contributed by atoms with Crippen LogP contribution in [-0.4, -0.2) is 14.2 Å². The number of alkyl halides is 3. The monoisotopic (exact) mass is 354 g/mol. The molecule has 4 nitrogen and oxygen atoms in total. The third kappa shape index (κ3) is 3.72. The molecule has 0 N–H and O–H groups in total. The molecule has 0 saturated carbocycles. The zero-order valence-corrected chi connectivity index (χ0v) is 13.7. The largest absolute Gasteiger partial charge is 0.497 e. The predicted molar refractivity (Wildman–Crippen MR) is 83.3 cm³/mol. The van der Waals surface area contributed by atoms with Gasteiger partial charge in [-0.05, 0) is 29.8 Å². The Morgan fingerprint density at radius 2 is 1.60 bits per heavy atom. The van der Waals surface area contributed by atoms with Crippen molar-refractivity contribution >= 4 is 0 Å². The highest BCUT2D eigenvalue weighted by Gasteiger charge is 2.34. The molecule has 1 fully saturated rings. The maximum Gasteiger partial charge on any atom is 0.416 e. The molecule has 1 aliphatic rings. The van der Waals surface area contributed by atoms with Gasteiger partial charge in [0.25, 0.3) is 0 Å². The third-order valence-corrected chi connectivity index (χ3v) is 4.11. The summed E-state index contributed by atoms with van der Waals surface area (Å²) in [5.41, 5.74) is 0.726. The van der Waals surface area contributed by atoms with Crippen LogP contribution in [0.5, 0.6) is 11.5 Å². The highest BCUT2D eigenvalue weighted by molar-refractivity contribution is 5.42. The van der Waals surface area contributed by atoms with Crippen LogP contribution >= 0.6 is 0 Å². The maximum atomic E-state index is 12.6. The first-order chi connectivity index (χ1) is 11.9. The van der Waals surface area contributed by atoms with Gasteiger partial charge < -0.3 is 9.47 Å². The van der Waals surface area contributed by atoms with Crippen LogP contribution in [0.3, 0.4) is 0 Å². The van der Waals surface area contributed by atoms with Gasteiger partial charge in [-0.25, -0.2) is 9.78 Å². The molecule has 0 spiro atoms. The lowest BCUT2D eigenvalue weighted by Crippen LogP contribution is -2.05. The topological polar surface area (TPSA) is 36.9 Å². The van der Waals surface area contributed by atoms with E-state index >= 15 is 0 Å². The molecule has 134 valence electrons. The van der Waals surface area contributed by atoms with Crippen molar-refractivity contribution in [2.75, 3.05) is 14.2 Å². The number of ether oxygens (including phenoxy) is 2. The molecule has 0 unspecified atom stereocenters. The molecular formula is C18H17F3O4. The average molecular weight is 354 g/mol. The molecule has 0 bridgehead atoms. The van der Waals surface area contributed by atoms with E-state index < -0.39 is 17.8 Å². The first kappa shape index (κ1) is 17.6. The molecule has 0 radical (unpaired) electrons. The summed E-state index contributed by atoms with van der Waals surface area (Å²) in [7, 11) is 3.10. The van der Waals surface area contributed by atoms with Crippen molar-refractivity contribution in [1.82, 2.24) is 0 Å². The van der Waals surface area contributed by atoms with Gasteiger partial charge in [0.1, 0.15) is 23.7 Å². The number of hydrogen-bond acceptors (Lipinski definition) is 4. The average Bonchev–Trinajstić information content (AvgIpc) is 3.10. The minimum atomic E-state index is -4.36. The normalized spacial score (nSPS) is 20.5. The van der Waals surface area contributed by atoms with E-state index in [1.807, 2.05) is 6.07 Å². The fourth-order valence-electron chi connectivity index (χ4n) is 2.75. The maximum absolute atomic E-state index is 12.6. The molecule has 2 atom stereocenters. The van der Waals surface area contributed by atoms with Crippen molar-refractivity contribution in [1.29, 1.82) is 0 Å². The second-order valence-corrected chi connectivity index (χ2v) is 5.63. The highest BCUT2D eigenvalue weighted by Crippen LogP contribution is 2.43. The van der Waals surface area contributed by atoms with Gasteiger partial charge in [0, 0.05) is 18.1 Å². The zero-order chi connectivity index (χ0) is 18.0. The summed E-state index contributed by atoms with van der Waals surface area (Å²) >= 11 is 0. The quantitative estimate of drug-likeness (QED) is 0.735. The Kier molecular flexibility index (Phi) is 4.87. The second kappa shape index (κ2) is 6.93. The standard InChI is InChI=1S/C18H17F3O4/c1-22-13-7-8-14(16(9-13)23-2)17-10-15(24-25-17)11-3-5-12(6-4-11)18(19,20)21/h3-9,15,17H,10H2,1-2H3/t15-,17+/m1/s1. The molecular weight excluding hydrogens is 337 g/mol. The SMILES string of the molecule is COc1ccc([C@@H]2C[C@H](c3ccc(C(F)(F)F)cc3)OO2)c(OC)c1. The van der Waals surface area contributed by atoms with Gasteiger partial charge in [-0.2, -0.15) is 13.2 Å². The lowest BCUT2D eigenvalue weighted by Gasteiger charge is -2.13. The molecule has 2 aromatic carbocycles. The zero-order valence-electron chi connectivity index (χ0n) is 13.7. The van der Waals surface area contributed by atoms with Crippen molar-refractivity contribution in [2.24, 2.45) is 0 Å². The summed E-state index contributed by atoms with van der Waals surface area (Å²) in [5, 5.41) is 0. The van der Waals surface area contributed by atoms with Crippen molar-refractivity contribution in [2.45, 2.75) is 24.8 Å². The van der Waals surface area contributed by atoms with Gasteiger partial charge in [-0.15, -0.1) is 0 Å². The first-order valence-corrected chi connectivity index (χ1v) is 7.63. The van der Waals surface area contributed by atoms with Crippen LogP contribution in [0.2, 0.25) is 0 Å². The van der Waals surface area contributed by atoms with Gasteiger partial charge in [0.15, 0.2) is 0 Å². The number of methoxy groups -OCH3 is 2. The molecule has 25 heavy (non-hydrogen) atoms. The van der Waals surface area contributed by atoms with Crippen molar-refractivity contribution in [3.63, 3.8) is 0 Å². The van der Waals surface area contributed by atoms with E-state index in [1.165, 1.54) is 12.1 Å². The molecule has 1 aliphatic heterocycles. The van der Waals surface area contributed by atoms with Gasteiger partial charge in [-0.1, -0.05) is 12.1 Å². The van der Waals surface area contributed by atoms with Crippen LogP contribution in [0, 0.1) is 0 Å².